The molecule has 2 N–H and O–H groups in total. The van der Waals surface area contributed by atoms with Crippen LogP contribution < -0.4 is 10.5 Å². The third kappa shape index (κ3) is 2.42. The van der Waals surface area contributed by atoms with Crippen molar-refractivity contribution in [2.45, 2.75) is 12.8 Å². The molecule has 1 heterocycles. The smallest absolute Gasteiger partial charge is 0.254 e. The Balaban J connectivity index is 2.35. The summed E-state index contributed by atoms with van der Waals surface area (Å²) in [5.74, 6) is 0.800. The van der Waals surface area contributed by atoms with E-state index in [0.717, 1.165) is 36.3 Å². The van der Waals surface area contributed by atoms with Crippen LogP contribution in [0.3, 0.4) is 0 Å². The Morgan fingerprint density at radius 1 is 1.47 bits per heavy atom. The van der Waals surface area contributed by atoms with Crippen LogP contribution in [0.5, 0.6) is 5.75 Å². The van der Waals surface area contributed by atoms with Gasteiger partial charge in [0.1, 0.15) is 5.75 Å². The number of hydrogen-bond acceptors (Lipinski definition) is 3. The van der Waals surface area contributed by atoms with Gasteiger partial charge in [-0.3, -0.25) is 4.79 Å². The van der Waals surface area contributed by atoms with Crippen molar-refractivity contribution in [2.75, 3.05) is 26.7 Å². The van der Waals surface area contributed by atoms with Crippen LogP contribution in [0, 0.1) is 0 Å². The van der Waals surface area contributed by atoms with Crippen molar-refractivity contribution in [1.29, 1.82) is 0 Å². The first-order valence-corrected chi connectivity index (χ1v) is 5.92. The monoisotopic (exact) mass is 234 g/mol. The van der Waals surface area contributed by atoms with Crippen molar-refractivity contribution in [3.63, 3.8) is 0 Å². The summed E-state index contributed by atoms with van der Waals surface area (Å²) in [7, 11) is 1.61. The van der Waals surface area contributed by atoms with E-state index in [1.807, 2.05) is 23.1 Å². The topological polar surface area (TPSA) is 55.6 Å². The second kappa shape index (κ2) is 5.19. The first-order chi connectivity index (χ1) is 8.26. The van der Waals surface area contributed by atoms with E-state index < -0.39 is 0 Å². The largest absolute Gasteiger partial charge is 0.497 e. The van der Waals surface area contributed by atoms with Crippen molar-refractivity contribution >= 4 is 5.91 Å². The van der Waals surface area contributed by atoms with E-state index in [2.05, 4.69) is 0 Å². The van der Waals surface area contributed by atoms with E-state index in [9.17, 15) is 4.79 Å². The molecule has 17 heavy (non-hydrogen) atoms. The number of amides is 1. The fourth-order valence-electron chi connectivity index (χ4n) is 2.20. The summed E-state index contributed by atoms with van der Waals surface area (Å²) in [5, 5.41) is 0. The van der Waals surface area contributed by atoms with E-state index in [4.69, 9.17) is 10.5 Å². The van der Waals surface area contributed by atoms with E-state index in [1.165, 1.54) is 0 Å². The van der Waals surface area contributed by atoms with Crippen LogP contribution in [0.15, 0.2) is 18.2 Å². The van der Waals surface area contributed by atoms with Gasteiger partial charge in [-0.1, -0.05) is 6.07 Å². The molecule has 4 heteroatoms. The number of carbonyl (C=O) groups is 1. The molecule has 0 unspecified atom stereocenters. The molecule has 0 aliphatic carbocycles. The highest BCUT2D eigenvalue weighted by molar-refractivity contribution is 5.96. The molecule has 0 aromatic heterocycles. The number of nitrogens with two attached hydrogens (primary N) is 1. The lowest BCUT2D eigenvalue weighted by Crippen LogP contribution is -2.35. The van der Waals surface area contributed by atoms with Crippen LogP contribution in [-0.2, 0) is 6.42 Å². The van der Waals surface area contributed by atoms with Crippen molar-refractivity contribution in [3.8, 4) is 5.75 Å². The van der Waals surface area contributed by atoms with Crippen molar-refractivity contribution in [1.82, 2.24) is 4.90 Å². The van der Waals surface area contributed by atoms with Crippen LogP contribution in [0.4, 0.5) is 0 Å². The first-order valence-electron chi connectivity index (χ1n) is 5.92. The lowest BCUT2D eigenvalue weighted by Gasteiger charge is -2.20. The minimum atomic E-state index is 0.0712. The zero-order valence-electron chi connectivity index (χ0n) is 10.1. The highest BCUT2D eigenvalue weighted by Gasteiger charge is 2.22. The number of methoxy groups -OCH3 is 1. The molecule has 1 aliphatic rings. The number of nitrogens with zero attached hydrogens (tertiary/aromatic N) is 1. The summed E-state index contributed by atoms with van der Waals surface area (Å²) in [6.45, 7) is 1.91. The van der Waals surface area contributed by atoms with Crippen LogP contribution in [0.2, 0.25) is 0 Å². The molecule has 1 aromatic carbocycles. The number of ether oxygens (including phenoxy) is 1. The number of aryl methyl sites for hydroxylation is 1. The van der Waals surface area contributed by atoms with Gasteiger partial charge in [0.15, 0.2) is 0 Å². The number of fused-ring (bicyclic) bond motifs is 1. The summed E-state index contributed by atoms with van der Waals surface area (Å²) in [4.78, 5) is 14.1. The van der Waals surface area contributed by atoms with Crippen molar-refractivity contribution < 1.29 is 9.53 Å². The van der Waals surface area contributed by atoms with Gasteiger partial charge in [0.25, 0.3) is 5.91 Å². The molecule has 0 bridgehead atoms. The van der Waals surface area contributed by atoms with Crippen molar-refractivity contribution in [3.05, 3.63) is 29.3 Å². The minimum absolute atomic E-state index is 0.0712. The Kier molecular flexibility index (Phi) is 3.64. The molecule has 2 rings (SSSR count). The molecule has 1 amide bonds. The SMILES string of the molecule is COc1ccc2c(c1)C(=O)N(CCN)CCC2. The van der Waals surface area contributed by atoms with Crippen molar-refractivity contribution in [2.24, 2.45) is 5.73 Å². The highest BCUT2D eigenvalue weighted by Crippen LogP contribution is 2.23. The van der Waals surface area contributed by atoms with Gasteiger partial charge in [-0.25, -0.2) is 0 Å². The Labute approximate surface area is 101 Å². The molecular weight excluding hydrogens is 216 g/mol. The number of hydrogen-bond donors (Lipinski definition) is 1. The Hall–Kier alpha value is -1.55. The Bertz CT molecular complexity index is 418. The molecule has 0 fully saturated rings. The molecule has 0 radical (unpaired) electrons. The summed E-state index contributed by atoms with van der Waals surface area (Å²) >= 11 is 0. The molecule has 0 atom stereocenters. The summed E-state index contributed by atoms with van der Waals surface area (Å²) in [5.41, 5.74) is 7.40. The Morgan fingerprint density at radius 3 is 3.00 bits per heavy atom. The molecular formula is C13H18N2O2. The predicted octanol–water partition coefficient (Wildman–Crippen LogP) is 1.04. The minimum Gasteiger partial charge on any atom is -0.497 e. The average Bonchev–Trinajstić information content (AvgIpc) is 2.51. The van der Waals surface area contributed by atoms with Gasteiger partial charge in [0.2, 0.25) is 0 Å². The molecule has 4 nitrogen and oxygen atoms in total. The Morgan fingerprint density at radius 2 is 2.29 bits per heavy atom. The molecule has 0 saturated heterocycles. The molecule has 92 valence electrons. The molecule has 1 aliphatic heterocycles. The van der Waals surface area contributed by atoms with Gasteiger partial charge in [-0.2, -0.15) is 0 Å². The van der Waals surface area contributed by atoms with Crippen LogP contribution in [0.25, 0.3) is 0 Å². The zero-order valence-corrected chi connectivity index (χ0v) is 10.1. The molecule has 0 saturated carbocycles. The fraction of sp³-hybridized carbons (Fsp3) is 0.462. The highest BCUT2D eigenvalue weighted by atomic mass is 16.5. The quantitative estimate of drug-likeness (QED) is 0.850. The second-order valence-corrected chi connectivity index (χ2v) is 4.21. The van der Waals surface area contributed by atoms with Crippen LogP contribution in [-0.4, -0.2) is 37.6 Å². The van der Waals surface area contributed by atoms with Gasteiger partial charge < -0.3 is 15.4 Å². The van der Waals surface area contributed by atoms with Gasteiger partial charge >= 0.3 is 0 Å². The van der Waals surface area contributed by atoms with E-state index in [1.54, 1.807) is 7.11 Å². The van der Waals surface area contributed by atoms with Gasteiger partial charge in [-0.05, 0) is 30.5 Å². The number of carbonyl (C=O) groups excluding carboxylic acids is 1. The average molecular weight is 234 g/mol. The summed E-state index contributed by atoms with van der Waals surface area (Å²) in [6.07, 6.45) is 1.93. The third-order valence-corrected chi connectivity index (χ3v) is 3.11. The van der Waals surface area contributed by atoms with Gasteiger partial charge in [0, 0.05) is 25.2 Å². The zero-order chi connectivity index (χ0) is 12.3. The summed E-state index contributed by atoms with van der Waals surface area (Å²) in [6, 6.07) is 5.72. The van der Waals surface area contributed by atoms with E-state index in [-0.39, 0.29) is 5.91 Å². The number of benzene rings is 1. The summed E-state index contributed by atoms with van der Waals surface area (Å²) < 4.78 is 5.17. The standard InChI is InChI=1S/C13H18N2O2/c1-17-11-5-4-10-3-2-7-15(8-6-14)13(16)12(10)9-11/h4-5,9H,2-3,6-8,14H2,1H3. The van der Waals surface area contributed by atoms with Crippen LogP contribution >= 0.6 is 0 Å². The maximum Gasteiger partial charge on any atom is 0.254 e. The maximum absolute atomic E-state index is 12.3. The first kappa shape index (κ1) is 11.9. The lowest BCUT2D eigenvalue weighted by molar-refractivity contribution is 0.0765. The van der Waals surface area contributed by atoms with E-state index >= 15 is 0 Å². The normalized spacial score (nSPS) is 15.4. The lowest BCUT2D eigenvalue weighted by atomic mass is 10.0. The third-order valence-electron chi connectivity index (χ3n) is 3.11. The molecule has 0 spiro atoms. The van der Waals surface area contributed by atoms with Crippen LogP contribution in [0.1, 0.15) is 22.3 Å². The maximum atomic E-state index is 12.3. The van der Waals surface area contributed by atoms with Gasteiger partial charge in [-0.15, -0.1) is 0 Å². The predicted molar refractivity (Wildman–Crippen MR) is 66.3 cm³/mol. The fourth-order valence-corrected chi connectivity index (χ4v) is 2.20. The molecule has 1 aromatic rings. The number of rotatable bonds is 3. The van der Waals surface area contributed by atoms with E-state index in [0.29, 0.717) is 13.1 Å². The van der Waals surface area contributed by atoms with Gasteiger partial charge in [0.05, 0.1) is 7.11 Å². The second-order valence-electron chi connectivity index (χ2n) is 4.21.